The Morgan fingerprint density at radius 2 is 1.81 bits per heavy atom. The molecular weight excluding hydrogens is 374 g/mol. The molecule has 26 heavy (non-hydrogen) atoms. The Bertz CT molecular complexity index is 620. The molecule has 0 aliphatic carbocycles. The van der Waals surface area contributed by atoms with Gasteiger partial charge < -0.3 is 15.5 Å². The Morgan fingerprint density at radius 1 is 1.12 bits per heavy atom. The third kappa shape index (κ3) is 9.52. The van der Waals surface area contributed by atoms with Crippen molar-refractivity contribution in [3.8, 4) is 0 Å². The highest BCUT2D eigenvalue weighted by molar-refractivity contribution is 7.92. The van der Waals surface area contributed by atoms with Crippen LogP contribution in [0.25, 0.3) is 0 Å². The lowest BCUT2D eigenvalue weighted by atomic mass is 10.1. The van der Waals surface area contributed by atoms with Crippen LogP contribution in [0.1, 0.15) is 18.4 Å². The van der Waals surface area contributed by atoms with Gasteiger partial charge in [-0.05, 0) is 31.4 Å². The van der Waals surface area contributed by atoms with E-state index < -0.39 is 15.6 Å². The van der Waals surface area contributed by atoms with E-state index in [2.05, 4.69) is 15.5 Å². The fraction of sp³-hybridized carbons (Fsp3) is 0.611. The van der Waals surface area contributed by atoms with E-state index in [4.69, 9.17) is 0 Å². The summed E-state index contributed by atoms with van der Waals surface area (Å²) >= 11 is 0. The minimum Gasteiger partial charge on any atom is -0.355 e. The zero-order chi connectivity index (χ0) is 18.0. The molecule has 8 heteroatoms. The number of carbonyl (C=O) groups excluding carboxylic acids is 1. The number of aryl methyl sites for hydroxylation is 1. The van der Waals surface area contributed by atoms with Gasteiger partial charge in [-0.25, -0.2) is 8.42 Å². The molecule has 2 rings (SSSR count). The predicted molar refractivity (Wildman–Crippen MR) is 108 cm³/mol. The number of rotatable bonds is 10. The van der Waals surface area contributed by atoms with Gasteiger partial charge in [-0.1, -0.05) is 30.3 Å². The van der Waals surface area contributed by atoms with Crippen molar-refractivity contribution in [3.63, 3.8) is 0 Å². The summed E-state index contributed by atoms with van der Waals surface area (Å²) in [7, 11) is -3.34. The average molecular weight is 404 g/mol. The third-order valence-corrected chi connectivity index (χ3v) is 5.91. The number of hydrogen-bond donors (Lipinski definition) is 2. The second-order valence-electron chi connectivity index (χ2n) is 6.48. The monoisotopic (exact) mass is 403 g/mol. The molecule has 1 aliphatic rings. The maximum atomic E-state index is 12.0. The van der Waals surface area contributed by atoms with Crippen LogP contribution in [-0.2, 0) is 21.1 Å². The van der Waals surface area contributed by atoms with Gasteiger partial charge in [-0.3, -0.25) is 4.79 Å². The third-order valence-electron chi connectivity index (χ3n) is 4.30. The molecule has 148 valence electrons. The summed E-state index contributed by atoms with van der Waals surface area (Å²) < 4.78 is 24.1. The van der Waals surface area contributed by atoms with Crippen LogP contribution in [0, 0.1) is 0 Å². The predicted octanol–water partition coefficient (Wildman–Crippen LogP) is 0.867. The van der Waals surface area contributed by atoms with Crippen molar-refractivity contribution in [1.82, 2.24) is 15.5 Å². The standard InChI is InChI=1S/C18H29N3O3S.ClH/c22-18(20-9-5-12-21-13-10-19-11-14-21)16-25(23,24)15-4-8-17-6-2-1-3-7-17;/h1-3,6-7,19H,4-5,8-16H2,(H,20,22);1H. The number of carbonyl (C=O) groups is 1. The Balaban J connectivity index is 0.00000338. The molecule has 2 N–H and O–H groups in total. The normalized spacial score (nSPS) is 15.2. The molecule has 1 heterocycles. The van der Waals surface area contributed by atoms with Crippen molar-refractivity contribution in [2.75, 3.05) is 50.8 Å². The molecule has 1 amide bonds. The number of halogens is 1. The van der Waals surface area contributed by atoms with Gasteiger partial charge in [-0.2, -0.15) is 0 Å². The lowest BCUT2D eigenvalue weighted by Gasteiger charge is -2.27. The number of piperazine rings is 1. The van der Waals surface area contributed by atoms with E-state index in [9.17, 15) is 13.2 Å². The van der Waals surface area contributed by atoms with E-state index in [0.29, 0.717) is 19.4 Å². The van der Waals surface area contributed by atoms with Crippen LogP contribution in [-0.4, -0.2) is 70.0 Å². The fourth-order valence-electron chi connectivity index (χ4n) is 2.93. The summed E-state index contributed by atoms with van der Waals surface area (Å²) in [5, 5.41) is 6.02. The molecule has 1 saturated heterocycles. The topological polar surface area (TPSA) is 78.5 Å². The molecular formula is C18H30ClN3O3S. The van der Waals surface area contributed by atoms with Crippen LogP contribution in [0.5, 0.6) is 0 Å². The van der Waals surface area contributed by atoms with Crippen LogP contribution in [0.3, 0.4) is 0 Å². The van der Waals surface area contributed by atoms with E-state index in [-0.39, 0.29) is 24.1 Å². The zero-order valence-corrected chi connectivity index (χ0v) is 16.8. The minimum absolute atomic E-state index is 0. The van der Waals surface area contributed by atoms with Gasteiger partial charge in [0.15, 0.2) is 9.84 Å². The first-order chi connectivity index (χ1) is 12.1. The number of amides is 1. The molecule has 1 fully saturated rings. The summed E-state index contributed by atoms with van der Waals surface area (Å²) in [5.74, 6) is -0.745. The Labute approximate surface area is 163 Å². The Morgan fingerprint density at radius 3 is 2.50 bits per heavy atom. The smallest absolute Gasteiger partial charge is 0.235 e. The summed E-state index contributed by atoms with van der Waals surface area (Å²) in [5.41, 5.74) is 1.12. The van der Waals surface area contributed by atoms with Crippen molar-refractivity contribution in [3.05, 3.63) is 35.9 Å². The van der Waals surface area contributed by atoms with Crippen molar-refractivity contribution < 1.29 is 13.2 Å². The second kappa shape index (κ2) is 12.3. The van der Waals surface area contributed by atoms with Gasteiger partial charge in [0.25, 0.3) is 0 Å². The molecule has 0 spiro atoms. The first-order valence-corrected chi connectivity index (χ1v) is 10.8. The van der Waals surface area contributed by atoms with Crippen molar-refractivity contribution in [2.24, 2.45) is 0 Å². The largest absolute Gasteiger partial charge is 0.355 e. The number of sulfone groups is 1. The van der Waals surface area contributed by atoms with Gasteiger partial charge in [0.05, 0.1) is 5.75 Å². The molecule has 0 saturated carbocycles. The first-order valence-electron chi connectivity index (χ1n) is 8.99. The zero-order valence-electron chi connectivity index (χ0n) is 15.2. The van der Waals surface area contributed by atoms with Crippen molar-refractivity contribution in [1.29, 1.82) is 0 Å². The second-order valence-corrected chi connectivity index (χ2v) is 8.66. The number of benzene rings is 1. The van der Waals surface area contributed by atoms with E-state index >= 15 is 0 Å². The summed E-state index contributed by atoms with van der Waals surface area (Å²) in [6.07, 6.45) is 2.11. The molecule has 0 bridgehead atoms. The summed E-state index contributed by atoms with van der Waals surface area (Å²) in [4.78, 5) is 14.2. The van der Waals surface area contributed by atoms with Crippen LogP contribution in [0.4, 0.5) is 0 Å². The maximum absolute atomic E-state index is 12.0. The quantitative estimate of drug-likeness (QED) is 0.567. The molecule has 6 nitrogen and oxygen atoms in total. The molecule has 0 atom stereocenters. The van der Waals surface area contributed by atoms with Crippen LogP contribution >= 0.6 is 12.4 Å². The van der Waals surface area contributed by atoms with Crippen LogP contribution in [0.15, 0.2) is 30.3 Å². The lowest BCUT2D eigenvalue weighted by molar-refractivity contribution is -0.118. The Hall–Kier alpha value is -1.15. The molecule has 1 aromatic rings. The Kier molecular flexibility index (Phi) is 10.8. The van der Waals surface area contributed by atoms with E-state index in [1.165, 1.54) is 0 Å². The van der Waals surface area contributed by atoms with Gasteiger partial charge in [0, 0.05) is 32.7 Å². The lowest BCUT2D eigenvalue weighted by Crippen LogP contribution is -2.44. The van der Waals surface area contributed by atoms with Crippen molar-refractivity contribution >= 4 is 28.2 Å². The van der Waals surface area contributed by atoms with Gasteiger partial charge in [0.1, 0.15) is 5.75 Å². The summed E-state index contributed by atoms with van der Waals surface area (Å²) in [6.45, 7) is 5.54. The molecule has 1 aliphatic heterocycles. The SMILES string of the molecule is Cl.O=C(CS(=O)(=O)CCCc1ccccc1)NCCCN1CCNCC1. The molecule has 0 unspecified atom stereocenters. The van der Waals surface area contributed by atoms with Crippen LogP contribution < -0.4 is 10.6 Å². The van der Waals surface area contributed by atoms with Gasteiger partial charge in [0.2, 0.25) is 5.91 Å². The highest BCUT2D eigenvalue weighted by Crippen LogP contribution is 2.04. The van der Waals surface area contributed by atoms with Gasteiger partial charge >= 0.3 is 0 Å². The van der Waals surface area contributed by atoms with Crippen molar-refractivity contribution in [2.45, 2.75) is 19.3 Å². The molecule has 1 aromatic carbocycles. The van der Waals surface area contributed by atoms with E-state index in [1.54, 1.807) is 0 Å². The average Bonchev–Trinajstić information content (AvgIpc) is 2.60. The maximum Gasteiger partial charge on any atom is 0.235 e. The highest BCUT2D eigenvalue weighted by Gasteiger charge is 2.16. The minimum atomic E-state index is -3.34. The number of nitrogens with one attached hydrogen (secondary N) is 2. The van der Waals surface area contributed by atoms with E-state index in [0.717, 1.165) is 44.7 Å². The fourth-order valence-corrected chi connectivity index (χ4v) is 4.16. The van der Waals surface area contributed by atoms with Gasteiger partial charge in [-0.15, -0.1) is 12.4 Å². The van der Waals surface area contributed by atoms with E-state index in [1.807, 2.05) is 30.3 Å². The summed E-state index contributed by atoms with van der Waals surface area (Å²) in [6, 6.07) is 9.79. The molecule has 0 aromatic heterocycles. The van der Waals surface area contributed by atoms with Crippen LogP contribution in [0.2, 0.25) is 0 Å². The highest BCUT2D eigenvalue weighted by atomic mass is 35.5. The molecule has 0 radical (unpaired) electrons. The number of nitrogens with zero attached hydrogens (tertiary/aromatic N) is 1. The number of hydrogen-bond acceptors (Lipinski definition) is 5. The first kappa shape index (κ1) is 22.9.